The van der Waals surface area contributed by atoms with E-state index in [1.165, 1.54) is 11.3 Å². The Morgan fingerprint density at radius 1 is 1.29 bits per heavy atom. The molecule has 0 spiro atoms. The first-order chi connectivity index (χ1) is 5.66. The third kappa shape index (κ3) is 3.48. The highest BCUT2D eigenvalue weighted by atomic mass is 35.5. The Kier molecular flexibility index (Phi) is 8.21. The summed E-state index contributed by atoms with van der Waals surface area (Å²) in [5.74, 6) is 0. The van der Waals surface area contributed by atoms with Gasteiger partial charge in [0.25, 0.3) is 0 Å². The van der Waals surface area contributed by atoms with Crippen molar-refractivity contribution in [1.29, 1.82) is 0 Å². The number of rotatable bonds is 3. The van der Waals surface area contributed by atoms with Crippen LogP contribution < -0.4 is 5.32 Å². The van der Waals surface area contributed by atoms with Gasteiger partial charge in [-0.1, -0.05) is 0 Å². The number of halogens is 2. The van der Waals surface area contributed by atoms with E-state index in [1.54, 1.807) is 0 Å². The summed E-state index contributed by atoms with van der Waals surface area (Å²) in [4.78, 5) is 0. The van der Waals surface area contributed by atoms with Gasteiger partial charge in [0, 0.05) is 12.7 Å². The Bertz CT molecular complexity index is 271. The number of nitrogens with zero attached hydrogens (tertiary/aromatic N) is 2. The fraction of sp³-hybridized carbons (Fsp3) is 0.667. The average Bonchev–Trinajstić information content (AvgIpc) is 2.25. The van der Waals surface area contributed by atoms with Crippen molar-refractivity contribution in [2.75, 3.05) is 13.6 Å². The van der Waals surface area contributed by atoms with Gasteiger partial charge in [-0.15, -0.1) is 24.8 Å². The van der Waals surface area contributed by atoms with Crippen molar-refractivity contribution in [2.45, 2.75) is 20.3 Å². The number of nitrogens with one attached hydrogen (secondary N) is 1. The third-order valence-electron chi connectivity index (χ3n) is 2.28. The van der Waals surface area contributed by atoms with Gasteiger partial charge < -0.3 is 5.32 Å². The van der Waals surface area contributed by atoms with E-state index in [2.05, 4.69) is 24.3 Å². The average molecular weight is 240 g/mol. The maximum atomic E-state index is 4.35. The SMILES string of the molecule is CNCCc1c(C)nn(C)c1C.Cl.Cl. The topological polar surface area (TPSA) is 29.9 Å². The normalized spacial score (nSPS) is 9.14. The van der Waals surface area contributed by atoms with E-state index in [0.717, 1.165) is 18.7 Å². The van der Waals surface area contributed by atoms with E-state index in [-0.39, 0.29) is 24.8 Å². The fourth-order valence-electron chi connectivity index (χ4n) is 1.43. The molecule has 0 saturated carbocycles. The molecular formula is C9H19Cl2N3. The van der Waals surface area contributed by atoms with Gasteiger partial charge in [0.1, 0.15) is 0 Å². The standard InChI is InChI=1S/C9H17N3.2ClH/c1-7-9(5-6-10-3)8(2)12(4)11-7;;/h10H,5-6H2,1-4H3;2*1H. The summed E-state index contributed by atoms with van der Waals surface area (Å²) in [6.45, 7) is 5.20. The van der Waals surface area contributed by atoms with Crippen LogP contribution in [0.5, 0.6) is 0 Å². The highest BCUT2D eigenvalue weighted by Gasteiger charge is 2.07. The Balaban J connectivity index is 0. The number of hydrogen-bond donors (Lipinski definition) is 1. The predicted molar refractivity (Wildman–Crippen MR) is 64.8 cm³/mol. The largest absolute Gasteiger partial charge is 0.319 e. The molecule has 0 aliphatic rings. The lowest BCUT2D eigenvalue weighted by Gasteiger charge is -2.00. The first kappa shape index (κ1) is 16.2. The predicted octanol–water partition coefficient (Wildman–Crippen LogP) is 1.64. The van der Waals surface area contributed by atoms with Gasteiger partial charge >= 0.3 is 0 Å². The monoisotopic (exact) mass is 239 g/mol. The van der Waals surface area contributed by atoms with E-state index in [4.69, 9.17) is 0 Å². The first-order valence-electron chi connectivity index (χ1n) is 4.30. The van der Waals surface area contributed by atoms with Crippen molar-refractivity contribution < 1.29 is 0 Å². The summed E-state index contributed by atoms with van der Waals surface area (Å²) in [6, 6.07) is 0. The van der Waals surface area contributed by atoms with Crippen LogP contribution in [0, 0.1) is 13.8 Å². The summed E-state index contributed by atoms with van der Waals surface area (Å²) in [7, 11) is 3.96. The molecule has 14 heavy (non-hydrogen) atoms. The van der Waals surface area contributed by atoms with Crippen LogP contribution in [0.25, 0.3) is 0 Å². The molecule has 1 aromatic rings. The molecule has 0 aliphatic heterocycles. The zero-order chi connectivity index (χ0) is 9.14. The lowest BCUT2D eigenvalue weighted by atomic mass is 10.1. The van der Waals surface area contributed by atoms with Gasteiger partial charge in [-0.3, -0.25) is 4.68 Å². The van der Waals surface area contributed by atoms with Gasteiger partial charge in [-0.05, 0) is 39.4 Å². The minimum absolute atomic E-state index is 0. The molecule has 0 unspecified atom stereocenters. The Labute approximate surface area is 98.1 Å². The molecule has 1 heterocycles. The Morgan fingerprint density at radius 3 is 2.21 bits per heavy atom. The lowest BCUT2D eigenvalue weighted by molar-refractivity contribution is 0.728. The summed E-state index contributed by atoms with van der Waals surface area (Å²) >= 11 is 0. The Morgan fingerprint density at radius 2 is 1.86 bits per heavy atom. The van der Waals surface area contributed by atoms with Gasteiger partial charge in [0.15, 0.2) is 0 Å². The molecule has 0 radical (unpaired) electrons. The van der Waals surface area contributed by atoms with Crippen LogP contribution in [0.2, 0.25) is 0 Å². The molecule has 0 saturated heterocycles. The molecule has 0 amide bonds. The molecule has 5 heteroatoms. The third-order valence-corrected chi connectivity index (χ3v) is 2.28. The molecule has 3 nitrogen and oxygen atoms in total. The van der Waals surface area contributed by atoms with Gasteiger partial charge in [0.2, 0.25) is 0 Å². The molecule has 0 aromatic carbocycles. The lowest BCUT2D eigenvalue weighted by Crippen LogP contribution is -2.11. The highest BCUT2D eigenvalue weighted by molar-refractivity contribution is 5.85. The number of aryl methyl sites for hydroxylation is 2. The quantitative estimate of drug-likeness (QED) is 0.870. The van der Waals surface area contributed by atoms with E-state index in [1.807, 2.05) is 18.8 Å². The van der Waals surface area contributed by atoms with Crippen LogP contribution in [0.4, 0.5) is 0 Å². The van der Waals surface area contributed by atoms with Crippen molar-refractivity contribution >= 4 is 24.8 Å². The smallest absolute Gasteiger partial charge is 0.0628 e. The van der Waals surface area contributed by atoms with Crippen molar-refractivity contribution in [3.05, 3.63) is 17.0 Å². The summed E-state index contributed by atoms with van der Waals surface area (Å²) < 4.78 is 1.94. The van der Waals surface area contributed by atoms with Crippen molar-refractivity contribution in [3.8, 4) is 0 Å². The highest BCUT2D eigenvalue weighted by Crippen LogP contribution is 2.11. The van der Waals surface area contributed by atoms with Crippen LogP contribution in [0.1, 0.15) is 17.0 Å². The van der Waals surface area contributed by atoms with Crippen molar-refractivity contribution in [2.24, 2.45) is 7.05 Å². The minimum Gasteiger partial charge on any atom is -0.319 e. The van der Waals surface area contributed by atoms with Gasteiger partial charge in [-0.2, -0.15) is 5.10 Å². The number of hydrogen-bond acceptors (Lipinski definition) is 2. The van der Waals surface area contributed by atoms with E-state index in [9.17, 15) is 0 Å². The molecule has 1 N–H and O–H groups in total. The van der Waals surface area contributed by atoms with Crippen LogP contribution in [0.15, 0.2) is 0 Å². The van der Waals surface area contributed by atoms with Gasteiger partial charge in [-0.25, -0.2) is 0 Å². The number of likely N-dealkylation sites (N-methyl/N-ethyl adjacent to an activating group) is 1. The molecule has 84 valence electrons. The second-order valence-electron chi connectivity index (χ2n) is 3.13. The summed E-state index contributed by atoms with van der Waals surface area (Å²) in [6.07, 6.45) is 1.07. The van der Waals surface area contributed by atoms with Crippen molar-refractivity contribution in [3.63, 3.8) is 0 Å². The molecule has 0 aliphatic carbocycles. The molecule has 0 bridgehead atoms. The molecule has 0 atom stereocenters. The molecule has 0 fully saturated rings. The maximum absolute atomic E-state index is 4.35. The molecule has 1 rings (SSSR count). The second-order valence-corrected chi connectivity index (χ2v) is 3.13. The zero-order valence-electron chi connectivity index (χ0n) is 9.13. The molecule has 1 aromatic heterocycles. The number of aromatic nitrogens is 2. The van der Waals surface area contributed by atoms with Crippen LogP contribution in [0.3, 0.4) is 0 Å². The zero-order valence-corrected chi connectivity index (χ0v) is 10.8. The summed E-state index contributed by atoms with van der Waals surface area (Å²) in [5.41, 5.74) is 3.82. The first-order valence-corrected chi connectivity index (χ1v) is 4.30. The van der Waals surface area contributed by atoms with Gasteiger partial charge in [0.05, 0.1) is 5.69 Å². The van der Waals surface area contributed by atoms with Crippen LogP contribution >= 0.6 is 24.8 Å². The molecular weight excluding hydrogens is 221 g/mol. The van der Waals surface area contributed by atoms with E-state index in [0.29, 0.717) is 0 Å². The van der Waals surface area contributed by atoms with Crippen LogP contribution in [-0.2, 0) is 13.5 Å². The second kappa shape index (κ2) is 7.10. The van der Waals surface area contributed by atoms with Crippen LogP contribution in [-0.4, -0.2) is 23.4 Å². The maximum Gasteiger partial charge on any atom is 0.0628 e. The fourth-order valence-corrected chi connectivity index (χ4v) is 1.43. The van der Waals surface area contributed by atoms with Crippen molar-refractivity contribution in [1.82, 2.24) is 15.1 Å². The van der Waals surface area contributed by atoms with E-state index >= 15 is 0 Å². The minimum atomic E-state index is 0. The Hall–Kier alpha value is -0.250. The summed E-state index contributed by atoms with van der Waals surface area (Å²) in [5, 5.41) is 7.50. The van der Waals surface area contributed by atoms with E-state index < -0.39 is 0 Å².